The van der Waals surface area contributed by atoms with Crippen LogP contribution in [0.2, 0.25) is 0 Å². The molecule has 1 amide bonds. The first-order valence-electron chi connectivity index (χ1n) is 5.83. The van der Waals surface area contributed by atoms with E-state index < -0.39 is 29.4 Å². The van der Waals surface area contributed by atoms with Crippen LogP contribution in [0.5, 0.6) is 0 Å². The number of likely N-dealkylation sites (tertiary alicyclic amines) is 1. The number of hydrogen-bond donors (Lipinski definition) is 1. The van der Waals surface area contributed by atoms with Crippen LogP contribution in [0, 0.1) is 17.6 Å². The summed E-state index contributed by atoms with van der Waals surface area (Å²) < 4.78 is 26.6. The van der Waals surface area contributed by atoms with Crippen LogP contribution in [0.3, 0.4) is 0 Å². The van der Waals surface area contributed by atoms with Gasteiger partial charge in [-0.1, -0.05) is 6.07 Å². The molecule has 0 spiro atoms. The molecule has 0 aromatic heterocycles. The van der Waals surface area contributed by atoms with Crippen molar-refractivity contribution < 1.29 is 23.5 Å². The fraction of sp³-hybridized carbons (Fsp3) is 0.385. The molecule has 1 aromatic rings. The number of carboxylic acid groups (broad SMARTS) is 1. The number of hydrogen-bond acceptors (Lipinski definition) is 2. The molecule has 1 aliphatic rings. The minimum atomic E-state index is -1.09. The molecule has 4 nitrogen and oxygen atoms in total. The van der Waals surface area contributed by atoms with Gasteiger partial charge in [0.25, 0.3) is 0 Å². The topological polar surface area (TPSA) is 57.6 Å². The normalized spacial score (nSPS) is 22.6. The highest BCUT2D eigenvalue weighted by Crippen LogP contribution is 2.34. The highest BCUT2D eigenvalue weighted by atomic mass is 19.1. The molecule has 0 bridgehead atoms. The lowest BCUT2D eigenvalue weighted by atomic mass is 9.88. The van der Waals surface area contributed by atoms with Gasteiger partial charge in [-0.3, -0.25) is 9.59 Å². The zero-order chi connectivity index (χ0) is 14.2. The van der Waals surface area contributed by atoms with E-state index in [9.17, 15) is 18.4 Å². The second-order valence-corrected chi connectivity index (χ2v) is 4.64. The number of halogens is 2. The van der Waals surface area contributed by atoms with Crippen molar-refractivity contribution in [1.29, 1.82) is 0 Å². The monoisotopic (exact) mass is 269 g/mol. The zero-order valence-corrected chi connectivity index (χ0v) is 10.3. The summed E-state index contributed by atoms with van der Waals surface area (Å²) in [6.45, 7) is 1.52. The van der Waals surface area contributed by atoms with Gasteiger partial charge in [-0.2, -0.15) is 0 Å². The zero-order valence-electron chi connectivity index (χ0n) is 10.3. The number of carbonyl (C=O) groups excluding carboxylic acids is 1. The Morgan fingerprint density at radius 1 is 1.32 bits per heavy atom. The first-order valence-corrected chi connectivity index (χ1v) is 5.83. The third-order valence-electron chi connectivity index (χ3n) is 3.44. The van der Waals surface area contributed by atoms with Crippen molar-refractivity contribution in [2.45, 2.75) is 12.8 Å². The van der Waals surface area contributed by atoms with Crippen LogP contribution in [0.1, 0.15) is 18.4 Å². The quantitative estimate of drug-likeness (QED) is 0.887. The van der Waals surface area contributed by atoms with Crippen LogP contribution >= 0.6 is 0 Å². The Kier molecular flexibility index (Phi) is 3.50. The Labute approximate surface area is 108 Å². The Balaban J connectivity index is 2.35. The highest BCUT2D eigenvalue weighted by Gasteiger charge is 2.40. The Morgan fingerprint density at radius 3 is 2.53 bits per heavy atom. The number of rotatable bonds is 2. The summed E-state index contributed by atoms with van der Waals surface area (Å²) in [5, 5.41) is 9.16. The van der Waals surface area contributed by atoms with Gasteiger partial charge in [0.05, 0.1) is 5.92 Å². The molecule has 0 saturated carbocycles. The van der Waals surface area contributed by atoms with Gasteiger partial charge in [-0.15, -0.1) is 0 Å². The van der Waals surface area contributed by atoms with E-state index in [2.05, 4.69) is 0 Å². The van der Waals surface area contributed by atoms with Gasteiger partial charge in [0.1, 0.15) is 11.6 Å². The van der Waals surface area contributed by atoms with Crippen LogP contribution in [0.25, 0.3) is 0 Å². The lowest BCUT2D eigenvalue weighted by molar-refractivity contribution is -0.141. The molecule has 0 aliphatic carbocycles. The lowest BCUT2D eigenvalue weighted by Gasteiger charge is -2.15. The van der Waals surface area contributed by atoms with Gasteiger partial charge in [-0.05, 0) is 11.6 Å². The first-order chi connectivity index (χ1) is 8.90. The summed E-state index contributed by atoms with van der Waals surface area (Å²) in [5.74, 6) is -4.35. The maximum Gasteiger partial charge on any atom is 0.308 e. The van der Waals surface area contributed by atoms with E-state index >= 15 is 0 Å². The van der Waals surface area contributed by atoms with Crippen LogP contribution in [0.4, 0.5) is 8.78 Å². The average molecular weight is 269 g/mol. The van der Waals surface area contributed by atoms with E-state index in [1.807, 2.05) is 0 Å². The van der Waals surface area contributed by atoms with Gasteiger partial charge in [-0.25, -0.2) is 8.78 Å². The maximum atomic E-state index is 13.7. The highest BCUT2D eigenvalue weighted by molar-refractivity contribution is 5.78. The fourth-order valence-corrected chi connectivity index (χ4v) is 2.43. The molecule has 102 valence electrons. The van der Waals surface area contributed by atoms with E-state index in [0.717, 1.165) is 12.1 Å². The van der Waals surface area contributed by atoms with E-state index in [-0.39, 0.29) is 24.6 Å². The van der Waals surface area contributed by atoms with Gasteiger partial charge >= 0.3 is 5.97 Å². The molecule has 0 unspecified atom stereocenters. The van der Waals surface area contributed by atoms with Crippen molar-refractivity contribution in [3.05, 3.63) is 35.4 Å². The van der Waals surface area contributed by atoms with Crippen molar-refractivity contribution in [3.8, 4) is 0 Å². The third-order valence-corrected chi connectivity index (χ3v) is 3.44. The molecule has 1 heterocycles. The molecule has 2 atom stereocenters. The number of carbonyl (C=O) groups is 2. The van der Waals surface area contributed by atoms with Gasteiger partial charge in [0.15, 0.2) is 0 Å². The molecule has 1 aliphatic heterocycles. The van der Waals surface area contributed by atoms with E-state index in [1.54, 1.807) is 0 Å². The van der Waals surface area contributed by atoms with Crippen LogP contribution < -0.4 is 0 Å². The Bertz CT molecular complexity index is 533. The number of nitrogens with zero attached hydrogens (tertiary/aromatic N) is 1. The van der Waals surface area contributed by atoms with Crippen molar-refractivity contribution in [2.75, 3.05) is 13.1 Å². The minimum absolute atomic E-state index is 0.0478. The average Bonchev–Trinajstić information content (AvgIpc) is 2.73. The van der Waals surface area contributed by atoms with E-state index in [4.69, 9.17) is 5.11 Å². The van der Waals surface area contributed by atoms with Crippen molar-refractivity contribution in [3.63, 3.8) is 0 Å². The lowest BCUT2D eigenvalue weighted by Crippen LogP contribution is -2.27. The molecule has 1 aromatic carbocycles. The summed E-state index contributed by atoms with van der Waals surface area (Å²) in [6, 6.07) is 3.06. The van der Waals surface area contributed by atoms with Crippen molar-refractivity contribution in [1.82, 2.24) is 4.90 Å². The van der Waals surface area contributed by atoms with Crippen LogP contribution in [-0.4, -0.2) is 35.0 Å². The summed E-state index contributed by atoms with van der Waals surface area (Å²) in [7, 11) is 0. The van der Waals surface area contributed by atoms with Gasteiger partial charge < -0.3 is 10.0 Å². The minimum Gasteiger partial charge on any atom is -0.481 e. The summed E-state index contributed by atoms with van der Waals surface area (Å²) in [5.41, 5.74) is 0.137. The Hall–Kier alpha value is -1.98. The van der Waals surface area contributed by atoms with E-state index in [1.165, 1.54) is 17.9 Å². The molecule has 1 fully saturated rings. The number of aliphatic carboxylic acids is 1. The number of carboxylic acids is 1. The largest absolute Gasteiger partial charge is 0.481 e. The third kappa shape index (κ3) is 2.57. The van der Waals surface area contributed by atoms with Gasteiger partial charge in [0.2, 0.25) is 5.91 Å². The molecule has 6 heteroatoms. The van der Waals surface area contributed by atoms with Gasteiger partial charge in [0, 0.05) is 32.0 Å². The predicted octanol–water partition coefficient (Wildman–Crippen LogP) is 1.61. The molecule has 19 heavy (non-hydrogen) atoms. The second-order valence-electron chi connectivity index (χ2n) is 4.64. The molecular weight excluding hydrogens is 256 g/mol. The molecule has 0 radical (unpaired) electrons. The fourth-order valence-electron chi connectivity index (χ4n) is 2.43. The SMILES string of the molecule is CC(=O)N1C[C@H](C(=O)O)[C@@H](c2ccc(F)cc2F)C1. The van der Waals surface area contributed by atoms with Crippen LogP contribution in [0.15, 0.2) is 18.2 Å². The maximum absolute atomic E-state index is 13.7. The number of benzene rings is 1. The smallest absolute Gasteiger partial charge is 0.308 e. The Morgan fingerprint density at radius 2 is 2.00 bits per heavy atom. The van der Waals surface area contributed by atoms with Crippen molar-refractivity contribution in [2.24, 2.45) is 5.92 Å². The van der Waals surface area contributed by atoms with E-state index in [0.29, 0.717) is 0 Å². The molecule has 1 saturated heterocycles. The van der Waals surface area contributed by atoms with Crippen molar-refractivity contribution >= 4 is 11.9 Å². The standard InChI is InChI=1S/C13H13F2NO3/c1-7(17)16-5-10(11(6-16)13(18)19)9-3-2-8(14)4-12(9)15/h2-4,10-11H,5-6H2,1H3,(H,18,19)/t10-,11+/m1/s1. The summed E-state index contributed by atoms with van der Waals surface area (Å²) >= 11 is 0. The molecular formula is C13H13F2NO3. The predicted molar refractivity (Wildman–Crippen MR) is 62.5 cm³/mol. The molecule has 1 N–H and O–H groups in total. The molecule has 2 rings (SSSR count). The second kappa shape index (κ2) is 4.95. The van der Waals surface area contributed by atoms with Crippen LogP contribution in [-0.2, 0) is 9.59 Å². The summed E-state index contributed by atoms with van der Waals surface area (Å²) in [6.07, 6.45) is 0. The first kappa shape index (κ1) is 13.5. The summed E-state index contributed by atoms with van der Waals surface area (Å²) in [4.78, 5) is 23.9. The number of amides is 1.